The lowest BCUT2D eigenvalue weighted by molar-refractivity contribution is -0.199. The summed E-state index contributed by atoms with van der Waals surface area (Å²) in [6.07, 6.45) is -1.75. The maximum atomic E-state index is 13.1. The molecule has 0 aromatic rings. The van der Waals surface area contributed by atoms with E-state index in [1.54, 1.807) is 0 Å². The van der Waals surface area contributed by atoms with E-state index in [-0.39, 0.29) is 32.2 Å². The second-order valence-electron chi connectivity index (χ2n) is 6.76. The number of nitriles is 1. The molecule has 3 fully saturated rings. The Morgan fingerprint density at radius 2 is 2.04 bits per heavy atom. The summed E-state index contributed by atoms with van der Waals surface area (Å²) in [5, 5.41) is 11.9. The summed E-state index contributed by atoms with van der Waals surface area (Å²) in [7, 11) is 0. The van der Waals surface area contributed by atoms with Crippen LogP contribution in [0.5, 0.6) is 0 Å². The van der Waals surface area contributed by atoms with Gasteiger partial charge in [-0.3, -0.25) is 10.1 Å². The molecule has 1 N–H and O–H groups in total. The van der Waals surface area contributed by atoms with Crippen LogP contribution in [0, 0.1) is 16.7 Å². The van der Waals surface area contributed by atoms with Crippen LogP contribution in [0.25, 0.3) is 0 Å². The topological polar surface area (TPSA) is 65.4 Å². The number of likely N-dealkylation sites (tertiary alicyclic amines) is 1. The SMILES string of the molecule is N#CC1(NCOCC2CCCN2C(=O)C2(C(F)(F)F)CC2)CC1. The highest BCUT2D eigenvalue weighted by atomic mass is 19.4. The van der Waals surface area contributed by atoms with Gasteiger partial charge in [0.05, 0.1) is 25.4 Å². The molecule has 8 heteroatoms. The number of amides is 1. The number of ether oxygens (including phenoxy) is 1. The Labute approximate surface area is 132 Å². The molecule has 0 aromatic carbocycles. The van der Waals surface area contributed by atoms with Crippen molar-refractivity contribution in [2.24, 2.45) is 5.41 Å². The molecule has 1 heterocycles. The average Bonchev–Trinajstić information content (AvgIpc) is 3.40. The predicted molar refractivity (Wildman–Crippen MR) is 74.0 cm³/mol. The zero-order valence-electron chi connectivity index (χ0n) is 12.8. The first-order chi connectivity index (χ1) is 10.8. The quantitative estimate of drug-likeness (QED) is 0.597. The normalized spacial score (nSPS) is 27.6. The first-order valence-electron chi connectivity index (χ1n) is 7.95. The average molecular weight is 331 g/mol. The van der Waals surface area contributed by atoms with E-state index in [1.165, 1.54) is 4.90 Å². The molecule has 3 rings (SSSR count). The number of halogens is 3. The smallest absolute Gasteiger partial charge is 0.364 e. The minimum atomic E-state index is -4.47. The van der Waals surface area contributed by atoms with Gasteiger partial charge < -0.3 is 9.64 Å². The number of hydrogen-bond acceptors (Lipinski definition) is 4. The minimum Gasteiger partial charge on any atom is -0.364 e. The molecule has 1 saturated heterocycles. The molecular weight excluding hydrogens is 311 g/mol. The van der Waals surface area contributed by atoms with Gasteiger partial charge in [0.2, 0.25) is 5.91 Å². The van der Waals surface area contributed by atoms with Crippen LogP contribution in [0.2, 0.25) is 0 Å². The molecule has 1 atom stereocenters. The first-order valence-corrected chi connectivity index (χ1v) is 7.95. The predicted octanol–water partition coefficient (Wildman–Crippen LogP) is 1.94. The number of nitrogens with one attached hydrogen (secondary N) is 1. The van der Waals surface area contributed by atoms with Gasteiger partial charge in [-0.1, -0.05) is 0 Å². The molecule has 23 heavy (non-hydrogen) atoms. The van der Waals surface area contributed by atoms with E-state index in [1.807, 2.05) is 0 Å². The maximum absolute atomic E-state index is 13.1. The van der Waals surface area contributed by atoms with Crippen LogP contribution in [0.4, 0.5) is 13.2 Å². The van der Waals surface area contributed by atoms with Gasteiger partial charge in [-0.2, -0.15) is 18.4 Å². The highest BCUT2D eigenvalue weighted by molar-refractivity contribution is 5.86. The molecule has 1 aliphatic heterocycles. The zero-order valence-corrected chi connectivity index (χ0v) is 12.8. The third kappa shape index (κ3) is 3.04. The van der Waals surface area contributed by atoms with Crippen LogP contribution < -0.4 is 5.32 Å². The van der Waals surface area contributed by atoms with Crippen molar-refractivity contribution < 1.29 is 22.7 Å². The van der Waals surface area contributed by atoms with Gasteiger partial charge in [0.15, 0.2) is 0 Å². The van der Waals surface area contributed by atoms with Crippen LogP contribution in [-0.4, -0.2) is 48.4 Å². The molecule has 2 saturated carbocycles. The molecule has 0 bridgehead atoms. The highest BCUT2D eigenvalue weighted by Gasteiger charge is 2.69. The largest absolute Gasteiger partial charge is 0.403 e. The summed E-state index contributed by atoms with van der Waals surface area (Å²) in [5.41, 5.74) is -2.63. The molecule has 0 radical (unpaired) electrons. The van der Waals surface area contributed by atoms with E-state index in [2.05, 4.69) is 11.4 Å². The van der Waals surface area contributed by atoms with Gasteiger partial charge in [-0.25, -0.2) is 0 Å². The monoisotopic (exact) mass is 331 g/mol. The van der Waals surface area contributed by atoms with Crippen molar-refractivity contribution in [3.05, 3.63) is 0 Å². The lowest BCUT2D eigenvalue weighted by Crippen LogP contribution is -2.47. The third-order valence-electron chi connectivity index (χ3n) is 5.13. The van der Waals surface area contributed by atoms with Crippen molar-refractivity contribution in [1.82, 2.24) is 10.2 Å². The number of hydrogen-bond donors (Lipinski definition) is 1. The Morgan fingerprint density at radius 3 is 2.57 bits per heavy atom. The fraction of sp³-hybridized carbons (Fsp3) is 0.867. The molecule has 1 unspecified atom stereocenters. The van der Waals surface area contributed by atoms with Gasteiger partial charge in [0.1, 0.15) is 11.0 Å². The fourth-order valence-electron chi connectivity index (χ4n) is 3.13. The van der Waals surface area contributed by atoms with E-state index >= 15 is 0 Å². The number of nitrogens with zero attached hydrogens (tertiary/aromatic N) is 2. The fourth-order valence-corrected chi connectivity index (χ4v) is 3.13. The van der Waals surface area contributed by atoms with E-state index in [0.29, 0.717) is 19.4 Å². The highest BCUT2D eigenvalue weighted by Crippen LogP contribution is 2.59. The van der Waals surface area contributed by atoms with E-state index in [9.17, 15) is 18.0 Å². The number of alkyl halides is 3. The van der Waals surface area contributed by atoms with Crippen molar-refractivity contribution in [1.29, 1.82) is 5.26 Å². The first kappa shape index (κ1) is 16.5. The van der Waals surface area contributed by atoms with Gasteiger partial charge >= 0.3 is 6.18 Å². The molecule has 2 aliphatic carbocycles. The van der Waals surface area contributed by atoms with Crippen LogP contribution >= 0.6 is 0 Å². The van der Waals surface area contributed by atoms with Crippen LogP contribution in [-0.2, 0) is 9.53 Å². The molecule has 1 amide bonds. The van der Waals surface area contributed by atoms with Gasteiger partial charge in [0, 0.05) is 6.54 Å². The van der Waals surface area contributed by atoms with Gasteiger partial charge in [-0.05, 0) is 38.5 Å². The summed E-state index contributed by atoms with van der Waals surface area (Å²) in [4.78, 5) is 13.7. The summed E-state index contributed by atoms with van der Waals surface area (Å²) < 4.78 is 44.7. The molecule has 0 aromatic heterocycles. The Balaban J connectivity index is 1.50. The van der Waals surface area contributed by atoms with Crippen molar-refractivity contribution >= 4 is 5.91 Å². The van der Waals surface area contributed by atoms with E-state index in [4.69, 9.17) is 10.00 Å². The maximum Gasteiger partial charge on any atom is 0.403 e. The van der Waals surface area contributed by atoms with Crippen LogP contribution in [0.3, 0.4) is 0 Å². The van der Waals surface area contributed by atoms with E-state index in [0.717, 1.165) is 12.8 Å². The van der Waals surface area contributed by atoms with Crippen molar-refractivity contribution in [2.75, 3.05) is 19.9 Å². The molecule has 5 nitrogen and oxygen atoms in total. The zero-order chi connectivity index (χ0) is 16.7. The van der Waals surface area contributed by atoms with Crippen LogP contribution in [0.1, 0.15) is 38.5 Å². The Hall–Kier alpha value is -1.33. The summed E-state index contributed by atoms with van der Waals surface area (Å²) in [5.74, 6) is -0.792. The summed E-state index contributed by atoms with van der Waals surface area (Å²) in [6.45, 7) is 0.741. The van der Waals surface area contributed by atoms with E-state index < -0.39 is 23.0 Å². The molecule has 3 aliphatic rings. The lowest BCUT2D eigenvalue weighted by atomic mass is 10.0. The molecular formula is C15H20F3N3O2. The Bertz CT molecular complexity index is 521. The third-order valence-corrected chi connectivity index (χ3v) is 5.13. The Kier molecular flexibility index (Phi) is 4.05. The number of carbonyl (C=O) groups is 1. The number of rotatable bonds is 6. The minimum absolute atomic E-state index is 0.106. The second-order valence-corrected chi connectivity index (χ2v) is 6.76. The summed E-state index contributed by atoms with van der Waals surface area (Å²) in [6, 6.07) is 1.87. The van der Waals surface area contributed by atoms with Crippen LogP contribution in [0.15, 0.2) is 0 Å². The standard InChI is InChI=1S/C15H20F3N3O2/c16-15(17,18)14(5-6-14)12(22)21-7-1-2-11(21)8-23-10-20-13(9-19)3-4-13/h11,20H,1-8,10H2. The molecule has 128 valence electrons. The second kappa shape index (κ2) is 5.64. The summed E-state index contributed by atoms with van der Waals surface area (Å²) >= 11 is 0. The Morgan fingerprint density at radius 1 is 1.35 bits per heavy atom. The van der Waals surface area contributed by atoms with Crippen molar-refractivity contribution in [2.45, 2.75) is 56.3 Å². The van der Waals surface area contributed by atoms with Gasteiger partial charge in [-0.15, -0.1) is 0 Å². The van der Waals surface area contributed by atoms with Gasteiger partial charge in [0.25, 0.3) is 0 Å². The van der Waals surface area contributed by atoms with Crippen molar-refractivity contribution in [3.63, 3.8) is 0 Å². The lowest BCUT2D eigenvalue weighted by Gasteiger charge is -2.30. The molecule has 0 spiro atoms. The van der Waals surface area contributed by atoms with Crippen molar-refractivity contribution in [3.8, 4) is 6.07 Å². The number of carbonyl (C=O) groups excluding carboxylic acids is 1.